The molecule has 5 heteroatoms. The molecule has 0 aromatic rings. The number of halogens is 4. The summed E-state index contributed by atoms with van der Waals surface area (Å²) in [5.41, 5.74) is 0.918. The van der Waals surface area contributed by atoms with E-state index in [1.807, 2.05) is 0 Å². The Morgan fingerprint density at radius 3 is 2.00 bits per heavy atom. The molecule has 0 aliphatic carbocycles. The lowest BCUT2D eigenvalue weighted by atomic mass is 10.4. The molecule has 0 unspecified atom stereocenters. The molecule has 0 spiro atoms. The van der Waals surface area contributed by atoms with E-state index in [1.54, 1.807) is 0 Å². The van der Waals surface area contributed by atoms with Gasteiger partial charge < -0.3 is 0 Å². The Hall–Kier alpha value is 0.570. The first-order valence-corrected chi connectivity index (χ1v) is 3.56. The van der Waals surface area contributed by atoms with Crippen LogP contribution >= 0.6 is 46.4 Å². The van der Waals surface area contributed by atoms with Gasteiger partial charge in [-0.2, -0.15) is 0 Å². The molecule has 0 amide bonds. The van der Waals surface area contributed by atoms with Gasteiger partial charge in [-0.15, -0.1) is 0 Å². The third kappa shape index (κ3) is 3.31. The largest absolute Gasteiger partial charge is 0.290 e. The topological polar surface area (TPSA) is 17.1 Å². The van der Waals surface area contributed by atoms with Crippen molar-refractivity contribution in [2.75, 3.05) is 0 Å². The monoisotopic (exact) mass is 206 g/mol. The lowest BCUT2D eigenvalue weighted by Gasteiger charge is -1.94. The van der Waals surface area contributed by atoms with Crippen LogP contribution in [0, 0.1) is 0 Å². The maximum atomic E-state index is 10.5. The SMILES string of the molecule is O=C(/C(Cl)=C\Cl)C(Cl)Cl. The molecule has 0 aliphatic rings. The van der Waals surface area contributed by atoms with Crippen molar-refractivity contribution in [3.63, 3.8) is 0 Å². The highest BCUT2D eigenvalue weighted by molar-refractivity contribution is 6.61. The van der Waals surface area contributed by atoms with Gasteiger partial charge in [0.1, 0.15) is 0 Å². The minimum atomic E-state index is -1.13. The number of ketones is 1. The van der Waals surface area contributed by atoms with Crippen molar-refractivity contribution in [1.82, 2.24) is 0 Å². The second kappa shape index (κ2) is 4.40. The maximum Gasteiger partial charge on any atom is 0.207 e. The highest BCUT2D eigenvalue weighted by Gasteiger charge is 2.14. The van der Waals surface area contributed by atoms with E-state index in [9.17, 15) is 4.79 Å². The van der Waals surface area contributed by atoms with E-state index in [0.29, 0.717) is 0 Å². The zero-order valence-electron chi connectivity index (χ0n) is 4.07. The zero-order chi connectivity index (χ0) is 7.44. The lowest BCUT2D eigenvalue weighted by Crippen LogP contribution is -2.06. The molecule has 0 fully saturated rings. The van der Waals surface area contributed by atoms with Crippen molar-refractivity contribution >= 4 is 52.2 Å². The summed E-state index contributed by atoms with van der Waals surface area (Å²) in [4.78, 5) is 9.39. The second-order valence-corrected chi connectivity index (χ2v) is 2.84. The fourth-order valence-corrected chi connectivity index (χ4v) is 0.721. The van der Waals surface area contributed by atoms with Gasteiger partial charge in [0.25, 0.3) is 0 Å². The number of carbonyl (C=O) groups is 1. The summed E-state index contributed by atoms with van der Waals surface area (Å²) in [5, 5.41) is -0.160. The number of rotatable bonds is 2. The van der Waals surface area contributed by atoms with E-state index in [1.165, 1.54) is 0 Å². The molecule has 0 saturated heterocycles. The molecular formula is C4H2Cl4O. The van der Waals surface area contributed by atoms with E-state index >= 15 is 0 Å². The number of allylic oxidation sites excluding steroid dienone is 1. The smallest absolute Gasteiger partial charge is 0.207 e. The maximum absolute atomic E-state index is 10.5. The quantitative estimate of drug-likeness (QED) is 0.503. The minimum absolute atomic E-state index is 0.160. The van der Waals surface area contributed by atoms with Crippen molar-refractivity contribution in [2.24, 2.45) is 0 Å². The first kappa shape index (κ1) is 9.57. The molecule has 0 heterocycles. The van der Waals surface area contributed by atoms with Crippen LogP contribution in [-0.2, 0) is 4.79 Å². The van der Waals surface area contributed by atoms with Crippen molar-refractivity contribution in [3.8, 4) is 0 Å². The van der Waals surface area contributed by atoms with Gasteiger partial charge in [-0.1, -0.05) is 46.4 Å². The van der Waals surface area contributed by atoms with Gasteiger partial charge in [0.15, 0.2) is 4.84 Å². The molecule has 0 bridgehead atoms. The number of alkyl halides is 2. The third-order valence-electron chi connectivity index (χ3n) is 0.529. The normalized spacial score (nSPS) is 12.3. The fourth-order valence-electron chi connectivity index (χ4n) is 0.158. The summed E-state index contributed by atoms with van der Waals surface area (Å²) in [6, 6.07) is 0. The number of hydrogen-bond acceptors (Lipinski definition) is 1. The molecular weight excluding hydrogens is 206 g/mol. The summed E-state index contributed by atoms with van der Waals surface area (Å²) >= 11 is 20.5. The van der Waals surface area contributed by atoms with Crippen LogP contribution in [0.5, 0.6) is 0 Å². The summed E-state index contributed by atoms with van der Waals surface area (Å²) < 4.78 is 0. The number of Topliss-reactive ketones (excluding diaryl/α,β-unsaturated/α-hetero) is 1. The van der Waals surface area contributed by atoms with Crippen molar-refractivity contribution in [1.29, 1.82) is 0 Å². The Bertz CT molecular complexity index is 140. The number of carbonyl (C=O) groups excluding carboxylic acids is 1. The third-order valence-corrected chi connectivity index (χ3v) is 1.55. The van der Waals surface area contributed by atoms with Gasteiger partial charge in [-0.25, -0.2) is 0 Å². The summed E-state index contributed by atoms with van der Waals surface area (Å²) in [7, 11) is 0. The molecule has 0 aromatic heterocycles. The Labute approximate surface area is 72.5 Å². The van der Waals surface area contributed by atoms with Crippen molar-refractivity contribution < 1.29 is 4.79 Å². The number of hydrogen-bond donors (Lipinski definition) is 0. The van der Waals surface area contributed by atoms with Crippen LogP contribution in [-0.4, -0.2) is 10.6 Å². The van der Waals surface area contributed by atoms with E-state index < -0.39 is 10.6 Å². The molecule has 0 aliphatic heterocycles. The van der Waals surface area contributed by atoms with Crippen LogP contribution in [0.3, 0.4) is 0 Å². The average Bonchev–Trinajstić information content (AvgIpc) is 1.84. The van der Waals surface area contributed by atoms with Crippen LogP contribution in [0.25, 0.3) is 0 Å². The standard InChI is InChI=1S/C4H2Cl4O/c5-1-2(6)3(9)4(7)8/h1,4H/b2-1+. The van der Waals surface area contributed by atoms with E-state index in [2.05, 4.69) is 0 Å². The van der Waals surface area contributed by atoms with Crippen LogP contribution in [0.4, 0.5) is 0 Å². The summed E-state index contributed by atoms with van der Waals surface area (Å²) in [6.07, 6.45) is 0. The Morgan fingerprint density at radius 1 is 1.44 bits per heavy atom. The van der Waals surface area contributed by atoms with Crippen LogP contribution in [0.1, 0.15) is 0 Å². The van der Waals surface area contributed by atoms with E-state index in [4.69, 9.17) is 46.4 Å². The van der Waals surface area contributed by atoms with Gasteiger partial charge in [0.2, 0.25) is 5.78 Å². The van der Waals surface area contributed by atoms with E-state index in [0.717, 1.165) is 5.54 Å². The molecule has 0 atom stereocenters. The zero-order valence-corrected chi connectivity index (χ0v) is 7.10. The van der Waals surface area contributed by atoms with Crippen LogP contribution in [0.15, 0.2) is 10.6 Å². The molecule has 0 aromatic carbocycles. The van der Waals surface area contributed by atoms with Crippen LogP contribution < -0.4 is 0 Å². The predicted molar refractivity (Wildman–Crippen MR) is 40.3 cm³/mol. The van der Waals surface area contributed by atoms with Gasteiger partial charge in [-0.3, -0.25) is 4.79 Å². The minimum Gasteiger partial charge on any atom is -0.290 e. The first-order chi connectivity index (χ1) is 4.09. The first-order valence-electron chi connectivity index (χ1n) is 1.88. The summed E-state index contributed by atoms with van der Waals surface area (Å²) in [6.45, 7) is 0. The fraction of sp³-hybridized carbons (Fsp3) is 0.250. The van der Waals surface area contributed by atoms with Gasteiger partial charge >= 0.3 is 0 Å². The summed E-state index contributed by atoms with van der Waals surface area (Å²) in [5.74, 6) is -0.588. The molecule has 1 nitrogen and oxygen atoms in total. The molecule has 9 heavy (non-hydrogen) atoms. The van der Waals surface area contributed by atoms with Gasteiger partial charge in [0.05, 0.1) is 5.03 Å². The van der Waals surface area contributed by atoms with E-state index in [-0.39, 0.29) is 5.03 Å². The predicted octanol–water partition coefficient (Wildman–Crippen LogP) is 2.68. The second-order valence-electron chi connectivity index (χ2n) is 1.12. The Balaban J connectivity index is 4.06. The highest BCUT2D eigenvalue weighted by atomic mass is 35.5. The van der Waals surface area contributed by atoms with Crippen LogP contribution in [0.2, 0.25) is 0 Å². The van der Waals surface area contributed by atoms with Gasteiger partial charge in [0, 0.05) is 5.54 Å². The average molecular weight is 208 g/mol. The van der Waals surface area contributed by atoms with Crippen molar-refractivity contribution in [2.45, 2.75) is 4.84 Å². The lowest BCUT2D eigenvalue weighted by molar-refractivity contribution is -0.113. The molecule has 0 rings (SSSR count). The Kier molecular flexibility index (Phi) is 4.67. The van der Waals surface area contributed by atoms with Crippen molar-refractivity contribution in [3.05, 3.63) is 10.6 Å². The highest BCUT2D eigenvalue weighted by Crippen LogP contribution is 2.13. The molecule has 0 radical (unpaired) electrons. The molecule has 0 saturated carbocycles. The molecule has 52 valence electrons. The van der Waals surface area contributed by atoms with Gasteiger partial charge in [-0.05, 0) is 0 Å². The molecule has 0 N–H and O–H groups in total. The Morgan fingerprint density at radius 2 is 1.89 bits per heavy atom.